The van der Waals surface area contributed by atoms with Gasteiger partial charge >= 0.3 is 0 Å². The van der Waals surface area contributed by atoms with Gasteiger partial charge in [0.1, 0.15) is 0 Å². The lowest BCUT2D eigenvalue weighted by Crippen LogP contribution is -2.36. The predicted octanol–water partition coefficient (Wildman–Crippen LogP) is 3.69. The van der Waals surface area contributed by atoms with Gasteiger partial charge in [0.25, 0.3) is 0 Å². The second-order valence-corrected chi connectivity index (χ2v) is 5.28. The Morgan fingerprint density at radius 1 is 0.857 bits per heavy atom. The van der Waals surface area contributed by atoms with Crippen molar-refractivity contribution in [1.29, 1.82) is 0 Å². The van der Waals surface area contributed by atoms with E-state index in [1.54, 1.807) is 0 Å². The molecule has 0 aliphatic carbocycles. The molecule has 0 aromatic heterocycles. The first-order valence-electron chi connectivity index (χ1n) is 6.44. The largest absolute Gasteiger partial charge is 0.301 e. The summed E-state index contributed by atoms with van der Waals surface area (Å²) in [6, 6.07) is 0.799. The van der Waals surface area contributed by atoms with E-state index < -0.39 is 0 Å². The first-order valence-corrected chi connectivity index (χ1v) is 6.44. The summed E-state index contributed by atoms with van der Waals surface area (Å²) in [5, 5.41) is 0. The number of hydrogen-bond acceptors (Lipinski definition) is 1. The predicted molar refractivity (Wildman–Crippen MR) is 63.6 cm³/mol. The number of likely N-dealkylation sites (tertiary alicyclic amines) is 1. The van der Waals surface area contributed by atoms with E-state index in [1.807, 2.05) is 0 Å². The highest BCUT2D eigenvalue weighted by molar-refractivity contribution is 4.70. The van der Waals surface area contributed by atoms with Crippen molar-refractivity contribution >= 4 is 0 Å². The van der Waals surface area contributed by atoms with Crippen molar-refractivity contribution in [3.05, 3.63) is 0 Å². The van der Waals surface area contributed by atoms with Gasteiger partial charge in [0.15, 0.2) is 0 Å². The van der Waals surface area contributed by atoms with Gasteiger partial charge in [0.05, 0.1) is 0 Å². The van der Waals surface area contributed by atoms with E-state index in [9.17, 15) is 0 Å². The zero-order valence-electron chi connectivity index (χ0n) is 10.3. The van der Waals surface area contributed by atoms with Crippen molar-refractivity contribution in [2.45, 2.75) is 65.3 Å². The van der Waals surface area contributed by atoms with Crippen molar-refractivity contribution in [2.75, 3.05) is 13.1 Å². The van der Waals surface area contributed by atoms with Crippen molar-refractivity contribution in [1.82, 2.24) is 4.90 Å². The molecule has 0 aromatic rings. The van der Waals surface area contributed by atoms with E-state index >= 15 is 0 Å². The van der Waals surface area contributed by atoms with Crippen LogP contribution >= 0.6 is 0 Å². The first-order chi connectivity index (χ1) is 6.70. The highest BCUT2D eigenvalue weighted by atomic mass is 15.1. The maximum atomic E-state index is 2.71. The SMILES string of the molecule is CC(C)CC(C)N1CCCCCCC1. The summed E-state index contributed by atoms with van der Waals surface area (Å²) in [4.78, 5) is 2.71. The van der Waals surface area contributed by atoms with E-state index in [0.29, 0.717) is 0 Å². The van der Waals surface area contributed by atoms with Crippen LogP contribution < -0.4 is 0 Å². The lowest BCUT2D eigenvalue weighted by atomic mass is 10.0. The van der Waals surface area contributed by atoms with Crippen LogP contribution in [0.1, 0.15) is 59.3 Å². The van der Waals surface area contributed by atoms with E-state index in [0.717, 1.165) is 12.0 Å². The molecular formula is C13H27N. The molecule has 0 bridgehead atoms. The molecule has 0 N–H and O–H groups in total. The van der Waals surface area contributed by atoms with Gasteiger partial charge in [-0.3, -0.25) is 0 Å². The Morgan fingerprint density at radius 2 is 1.36 bits per heavy atom. The van der Waals surface area contributed by atoms with E-state index in [-0.39, 0.29) is 0 Å². The topological polar surface area (TPSA) is 3.24 Å². The van der Waals surface area contributed by atoms with Crippen LogP contribution in [0.4, 0.5) is 0 Å². The summed E-state index contributed by atoms with van der Waals surface area (Å²) in [6.07, 6.45) is 8.56. The third-order valence-electron chi connectivity index (χ3n) is 3.33. The minimum absolute atomic E-state index is 0.799. The molecule has 1 atom stereocenters. The number of nitrogens with zero attached hydrogens (tertiary/aromatic N) is 1. The molecule has 1 heteroatoms. The van der Waals surface area contributed by atoms with Crippen LogP contribution in [0.25, 0.3) is 0 Å². The quantitative estimate of drug-likeness (QED) is 0.667. The summed E-state index contributed by atoms with van der Waals surface area (Å²) in [7, 11) is 0. The fourth-order valence-corrected chi connectivity index (χ4v) is 2.54. The van der Waals surface area contributed by atoms with Crippen LogP contribution in [0.15, 0.2) is 0 Å². The summed E-state index contributed by atoms with van der Waals surface area (Å²) < 4.78 is 0. The van der Waals surface area contributed by atoms with E-state index in [1.165, 1.54) is 51.6 Å². The van der Waals surface area contributed by atoms with Crippen LogP contribution in [0, 0.1) is 5.92 Å². The Morgan fingerprint density at radius 3 is 1.86 bits per heavy atom. The molecule has 1 rings (SSSR count). The van der Waals surface area contributed by atoms with Crippen molar-refractivity contribution in [2.24, 2.45) is 5.92 Å². The van der Waals surface area contributed by atoms with Gasteiger partial charge in [0, 0.05) is 6.04 Å². The molecule has 1 saturated heterocycles. The maximum Gasteiger partial charge on any atom is 0.00693 e. The Hall–Kier alpha value is -0.0400. The monoisotopic (exact) mass is 197 g/mol. The minimum atomic E-state index is 0.799. The van der Waals surface area contributed by atoms with Gasteiger partial charge in [-0.2, -0.15) is 0 Å². The number of hydrogen-bond donors (Lipinski definition) is 0. The molecular weight excluding hydrogens is 170 g/mol. The molecule has 0 radical (unpaired) electrons. The molecule has 0 spiro atoms. The molecule has 0 amide bonds. The Kier molecular flexibility index (Phi) is 5.54. The van der Waals surface area contributed by atoms with Gasteiger partial charge in [0.2, 0.25) is 0 Å². The van der Waals surface area contributed by atoms with E-state index in [4.69, 9.17) is 0 Å². The molecule has 0 saturated carbocycles. The molecule has 1 unspecified atom stereocenters. The molecule has 1 aliphatic rings. The van der Waals surface area contributed by atoms with Gasteiger partial charge in [-0.25, -0.2) is 0 Å². The normalized spacial score (nSPS) is 23.1. The average molecular weight is 197 g/mol. The minimum Gasteiger partial charge on any atom is -0.301 e. The fraction of sp³-hybridized carbons (Fsp3) is 1.00. The highest BCUT2D eigenvalue weighted by Gasteiger charge is 2.15. The zero-order chi connectivity index (χ0) is 10.4. The molecule has 84 valence electrons. The molecule has 1 aliphatic heterocycles. The standard InChI is InChI=1S/C13H27N/c1-12(2)11-13(3)14-9-7-5-4-6-8-10-14/h12-13H,4-11H2,1-3H3. The van der Waals surface area contributed by atoms with Crippen molar-refractivity contribution in [3.8, 4) is 0 Å². The lowest BCUT2D eigenvalue weighted by Gasteiger charge is -2.31. The average Bonchev–Trinajstić information content (AvgIpc) is 2.00. The third kappa shape index (κ3) is 4.45. The molecule has 1 nitrogen and oxygen atoms in total. The maximum absolute atomic E-state index is 2.71. The van der Waals surface area contributed by atoms with Crippen LogP contribution in [0.5, 0.6) is 0 Å². The van der Waals surface area contributed by atoms with Crippen LogP contribution in [-0.2, 0) is 0 Å². The van der Waals surface area contributed by atoms with Gasteiger partial charge in [-0.1, -0.05) is 33.1 Å². The Bertz CT molecular complexity index is 134. The fourth-order valence-electron chi connectivity index (χ4n) is 2.54. The summed E-state index contributed by atoms with van der Waals surface area (Å²) >= 11 is 0. The molecule has 1 fully saturated rings. The summed E-state index contributed by atoms with van der Waals surface area (Å²) in [5.74, 6) is 0.843. The zero-order valence-corrected chi connectivity index (χ0v) is 10.3. The molecule has 1 heterocycles. The van der Waals surface area contributed by atoms with Gasteiger partial charge in [-0.05, 0) is 45.2 Å². The van der Waals surface area contributed by atoms with Gasteiger partial charge in [-0.15, -0.1) is 0 Å². The van der Waals surface area contributed by atoms with E-state index in [2.05, 4.69) is 25.7 Å². The summed E-state index contributed by atoms with van der Waals surface area (Å²) in [6.45, 7) is 9.75. The second-order valence-electron chi connectivity index (χ2n) is 5.28. The first kappa shape index (κ1) is 12.0. The smallest absolute Gasteiger partial charge is 0.00693 e. The van der Waals surface area contributed by atoms with Crippen molar-refractivity contribution < 1.29 is 0 Å². The van der Waals surface area contributed by atoms with Crippen LogP contribution in [-0.4, -0.2) is 24.0 Å². The second kappa shape index (κ2) is 6.44. The van der Waals surface area contributed by atoms with Gasteiger partial charge < -0.3 is 4.90 Å². The molecule has 14 heavy (non-hydrogen) atoms. The third-order valence-corrected chi connectivity index (χ3v) is 3.33. The highest BCUT2D eigenvalue weighted by Crippen LogP contribution is 2.16. The Labute approximate surface area is 89.9 Å². The van der Waals surface area contributed by atoms with Crippen LogP contribution in [0.2, 0.25) is 0 Å². The lowest BCUT2D eigenvalue weighted by molar-refractivity contribution is 0.171. The Balaban J connectivity index is 2.31. The number of rotatable bonds is 3. The summed E-state index contributed by atoms with van der Waals surface area (Å²) in [5.41, 5.74) is 0. The van der Waals surface area contributed by atoms with Crippen LogP contribution in [0.3, 0.4) is 0 Å². The molecule has 0 aromatic carbocycles. The van der Waals surface area contributed by atoms with Crippen molar-refractivity contribution in [3.63, 3.8) is 0 Å².